The van der Waals surface area contributed by atoms with Gasteiger partial charge in [-0.3, -0.25) is 14.4 Å². The molecule has 0 bridgehead atoms. The van der Waals surface area contributed by atoms with E-state index in [2.05, 4.69) is 10.6 Å². The van der Waals surface area contributed by atoms with Gasteiger partial charge in [0.05, 0.1) is 11.1 Å². The maximum atomic E-state index is 13.3. The fourth-order valence-electron chi connectivity index (χ4n) is 3.83. The quantitative estimate of drug-likeness (QED) is 0.382. The van der Waals surface area contributed by atoms with Crippen LogP contribution in [0.1, 0.15) is 36.8 Å². The van der Waals surface area contributed by atoms with Crippen LogP contribution in [0.25, 0.3) is 16.6 Å². The second-order valence-electron chi connectivity index (χ2n) is 7.63. The highest BCUT2D eigenvalue weighted by atomic mass is 35.5. The van der Waals surface area contributed by atoms with Gasteiger partial charge in [-0.05, 0) is 54.6 Å². The molecule has 0 aliphatic heterocycles. The van der Waals surface area contributed by atoms with Gasteiger partial charge in [0.2, 0.25) is 0 Å². The molecule has 3 N–H and O–H groups in total. The standard InChI is InChI=1S/C26H20ClN3O5/c1-28-24(32)15-7-9-16(10-8-15)25(33)29-14-20-22(26(34)35)30(18-5-3-2-4-6-18)21-13-17(27)11-12-19(21)23(20)31/h2-13H,14H2,1H3,(H,28,32)(H,29,33)(H,34,35). The maximum absolute atomic E-state index is 13.3. The first-order valence-corrected chi connectivity index (χ1v) is 11.0. The average Bonchev–Trinajstić information content (AvgIpc) is 2.87. The van der Waals surface area contributed by atoms with Gasteiger partial charge in [0.15, 0.2) is 5.43 Å². The lowest BCUT2D eigenvalue weighted by Gasteiger charge is -2.19. The van der Waals surface area contributed by atoms with Gasteiger partial charge >= 0.3 is 5.97 Å². The summed E-state index contributed by atoms with van der Waals surface area (Å²) in [4.78, 5) is 50.2. The lowest BCUT2D eigenvalue weighted by atomic mass is 10.1. The minimum absolute atomic E-state index is 0.0773. The molecule has 4 rings (SSSR count). The number of carbonyl (C=O) groups excluding carboxylic acids is 2. The van der Waals surface area contributed by atoms with Crippen LogP contribution >= 0.6 is 11.6 Å². The topological polar surface area (TPSA) is 118 Å². The van der Waals surface area contributed by atoms with Gasteiger partial charge in [0.25, 0.3) is 11.8 Å². The summed E-state index contributed by atoms with van der Waals surface area (Å²) in [5.41, 5.74) is 0.636. The molecule has 0 aliphatic rings. The van der Waals surface area contributed by atoms with E-state index in [4.69, 9.17) is 11.6 Å². The third kappa shape index (κ3) is 4.64. The Hall–Kier alpha value is -4.43. The average molecular weight is 490 g/mol. The van der Waals surface area contributed by atoms with Gasteiger partial charge in [-0.1, -0.05) is 29.8 Å². The molecule has 0 aliphatic carbocycles. The Balaban J connectivity index is 1.80. The zero-order valence-corrected chi connectivity index (χ0v) is 19.3. The van der Waals surface area contributed by atoms with E-state index in [0.717, 1.165) is 0 Å². The molecule has 0 unspecified atom stereocenters. The summed E-state index contributed by atoms with van der Waals surface area (Å²) in [5.74, 6) is -2.14. The molecule has 1 aromatic heterocycles. The van der Waals surface area contributed by atoms with Crippen LogP contribution in [-0.2, 0) is 6.54 Å². The van der Waals surface area contributed by atoms with Crippen LogP contribution < -0.4 is 16.1 Å². The number of aromatic carboxylic acids is 1. The molecular formula is C26H20ClN3O5. The molecule has 0 radical (unpaired) electrons. The summed E-state index contributed by atoms with van der Waals surface area (Å²) in [6.07, 6.45) is 0. The number of aromatic nitrogens is 1. The van der Waals surface area contributed by atoms with Crippen LogP contribution in [0.3, 0.4) is 0 Å². The zero-order chi connectivity index (χ0) is 25.1. The molecule has 8 nitrogen and oxygen atoms in total. The van der Waals surface area contributed by atoms with E-state index in [1.165, 1.54) is 48.0 Å². The van der Waals surface area contributed by atoms with Gasteiger partial charge in [-0.2, -0.15) is 0 Å². The highest BCUT2D eigenvalue weighted by Gasteiger charge is 2.24. The van der Waals surface area contributed by atoms with Crippen LogP contribution in [0.5, 0.6) is 0 Å². The molecule has 0 fully saturated rings. The summed E-state index contributed by atoms with van der Waals surface area (Å²) in [6.45, 7) is -0.318. The number of benzene rings is 3. The van der Waals surface area contributed by atoms with Crippen LogP contribution in [0.15, 0.2) is 77.6 Å². The van der Waals surface area contributed by atoms with Gasteiger partial charge in [-0.25, -0.2) is 4.79 Å². The van der Waals surface area contributed by atoms with Crippen LogP contribution in [0, 0.1) is 0 Å². The fourth-order valence-corrected chi connectivity index (χ4v) is 4.00. The van der Waals surface area contributed by atoms with Crippen molar-refractivity contribution in [2.75, 3.05) is 7.05 Å². The second-order valence-corrected chi connectivity index (χ2v) is 8.07. The molecule has 2 amide bonds. The number of pyridine rings is 1. The Labute approximate surface area is 204 Å². The number of carboxylic acids is 1. The maximum Gasteiger partial charge on any atom is 0.353 e. The Morgan fingerprint density at radius 2 is 1.54 bits per heavy atom. The predicted molar refractivity (Wildman–Crippen MR) is 133 cm³/mol. The smallest absolute Gasteiger partial charge is 0.353 e. The molecule has 0 saturated heterocycles. The number of halogens is 1. The molecule has 0 spiro atoms. The second kappa shape index (κ2) is 9.82. The van der Waals surface area contributed by atoms with E-state index in [-0.39, 0.29) is 34.7 Å². The fraction of sp³-hybridized carbons (Fsp3) is 0.0769. The number of amides is 2. The zero-order valence-electron chi connectivity index (χ0n) is 18.5. The monoisotopic (exact) mass is 489 g/mol. The summed E-state index contributed by atoms with van der Waals surface area (Å²) in [7, 11) is 1.50. The number of nitrogens with one attached hydrogen (secondary N) is 2. The molecule has 0 atom stereocenters. The van der Waals surface area contributed by atoms with E-state index < -0.39 is 17.3 Å². The molecule has 4 aromatic rings. The number of rotatable bonds is 6. The van der Waals surface area contributed by atoms with Crippen molar-refractivity contribution in [3.8, 4) is 5.69 Å². The SMILES string of the molecule is CNC(=O)c1ccc(C(=O)NCc2c(C(=O)O)n(-c3ccccc3)c3cc(Cl)ccc3c2=O)cc1. The minimum atomic E-state index is -1.33. The lowest BCUT2D eigenvalue weighted by molar-refractivity contribution is 0.0684. The molecule has 176 valence electrons. The molecule has 1 heterocycles. The van der Waals surface area contributed by atoms with Gasteiger partial charge in [0.1, 0.15) is 5.69 Å². The van der Waals surface area contributed by atoms with Crippen molar-refractivity contribution in [2.45, 2.75) is 6.54 Å². The number of hydrogen-bond acceptors (Lipinski definition) is 4. The van der Waals surface area contributed by atoms with Crippen molar-refractivity contribution in [1.82, 2.24) is 15.2 Å². The third-order valence-electron chi connectivity index (χ3n) is 5.51. The summed E-state index contributed by atoms with van der Waals surface area (Å²) in [6, 6.07) is 19.3. The third-order valence-corrected chi connectivity index (χ3v) is 5.74. The number of carbonyl (C=O) groups is 3. The highest BCUT2D eigenvalue weighted by molar-refractivity contribution is 6.31. The summed E-state index contributed by atoms with van der Waals surface area (Å²) < 4.78 is 1.45. The van der Waals surface area contributed by atoms with Crippen molar-refractivity contribution >= 4 is 40.3 Å². The first-order chi connectivity index (χ1) is 16.8. The van der Waals surface area contributed by atoms with Crippen molar-refractivity contribution in [1.29, 1.82) is 0 Å². The van der Waals surface area contributed by atoms with Gasteiger partial charge < -0.3 is 20.3 Å². The van der Waals surface area contributed by atoms with Crippen molar-refractivity contribution < 1.29 is 19.5 Å². The summed E-state index contributed by atoms with van der Waals surface area (Å²) in [5, 5.41) is 15.8. The molecule has 0 saturated carbocycles. The van der Waals surface area contributed by atoms with E-state index in [1.807, 2.05) is 0 Å². The van der Waals surface area contributed by atoms with Gasteiger partial charge in [-0.15, -0.1) is 0 Å². The number of fused-ring (bicyclic) bond motifs is 1. The molecular weight excluding hydrogens is 470 g/mol. The molecule has 35 heavy (non-hydrogen) atoms. The Morgan fingerprint density at radius 1 is 0.914 bits per heavy atom. The molecule has 9 heteroatoms. The molecule has 3 aromatic carbocycles. The van der Waals surface area contributed by atoms with E-state index >= 15 is 0 Å². The van der Waals surface area contributed by atoms with E-state index in [0.29, 0.717) is 21.8 Å². The number of carboxylic acid groups (broad SMARTS) is 1. The predicted octanol–water partition coefficient (Wildman–Crippen LogP) is 3.63. The summed E-state index contributed by atoms with van der Waals surface area (Å²) >= 11 is 6.17. The Bertz CT molecular complexity index is 1510. The normalized spacial score (nSPS) is 10.7. The highest BCUT2D eigenvalue weighted by Crippen LogP contribution is 2.25. The lowest BCUT2D eigenvalue weighted by Crippen LogP contribution is -2.30. The number of para-hydroxylation sites is 1. The Morgan fingerprint density at radius 3 is 2.14 bits per heavy atom. The van der Waals surface area contributed by atoms with Crippen LogP contribution in [-0.4, -0.2) is 34.5 Å². The minimum Gasteiger partial charge on any atom is -0.477 e. The van der Waals surface area contributed by atoms with E-state index in [9.17, 15) is 24.3 Å². The first-order valence-electron chi connectivity index (χ1n) is 10.6. The van der Waals surface area contributed by atoms with Crippen LogP contribution in [0.4, 0.5) is 0 Å². The number of hydrogen-bond donors (Lipinski definition) is 3. The van der Waals surface area contributed by atoms with Gasteiger partial charge in [0, 0.05) is 40.8 Å². The largest absolute Gasteiger partial charge is 0.477 e. The van der Waals surface area contributed by atoms with Crippen LogP contribution in [0.2, 0.25) is 5.02 Å². The van der Waals surface area contributed by atoms with E-state index in [1.54, 1.807) is 36.4 Å². The number of nitrogens with zero attached hydrogens (tertiary/aromatic N) is 1. The van der Waals surface area contributed by atoms with Crippen molar-refractivity contribution in [3.05, 3.63) is 110 Å². The Kier molecular flexibility index (Phi) is 6.66. The van der Waals surface area contributed by atoms with Crippen molar-refractivity contribution in [2.24, 2.45) is 0 Å². The van der Waals surface area contributed by atoms with Crippen molar-refractivity contribution in [3.63, 3.8) is 0 Å². The first kappa shape index (κ1) is 23.7.